The summed E-state index contributed by atoms with van der Waals surface area (Å²) in [5.74, 6) is 0.800. The molecule has 1 amide bonds. The summed E-state index contributed by atoms with van der Waals surface area (Å²) in [6.45, 7) is 2.60. The van der Waals surface area contributed by atoms with Crippen molar-refractivity contribution in [3.05, 3.63) is 59.2 Å². The Morgan fingerprint density at radius 3 is 2.55 bits per heavy atom. The summed E-state index contributed by atoms with van der Waals surface area (Å²) < 4.78 is 24.0. The monoisotopic (exact) mass is 414 g/mol. The highest BCUT2D eigenvalue weighted by Crippen LogP contribution is 2.36. The van der Waals surface area contributed by atoms with E-state index in [0.29, 0.717) is 34.4 Å². The molecule has 0 radical (unpaired) electrons. The maximum atomic E-state index is 13.2. The lowest BCUT2D eigenvalue weighted by Crippen LogP contribution is -2.31. The van der Waals surface area contributed by atoms with E-state index < -0.39 is 0 Å². The van der Waals surface area contributed by atoms with Crippen LogP contribution in [0.4, 0.5) is 9.52 Å². The van der Waals surface area contributed by atoms with E-state index >= 15 is 0 Å². The quantitative estimate of drug-likeness (QED) is 0.494. The number of benzene rings is 2. The molecule has 0 atom stereocenters. The molecule has 0 fully saturated rings. The van der Waals surface area contributed by atoms with Crippen LogP contribution in [0.5, 0.6) is 11.5 Å². The van der Waals surface area contributed by atoms with Crippen molar-refractivity contribution in [2.75, 3.05) is 25.7 Å². The van der Waals surface area contributed by atoms with Crippen LogP contribution in [0.2, 0.25) is 0 Å². The highest BCUT2D eigenvalue weighted by atomic mass is 32.1. The van der Waals surface area contributed by atoms with Gasteiger partial charge in [0.05, 0.1) is 19.9 Å². The number of unbranched alkanes of at least 4 members (excludes halogenated alkanes) is 1. The van der Waals surface area contributed by atoms with Gasteiger partial charge in [-0.25, -0.2) is 9.37 Å². The van der Waals surface area contributed by atoms with E-state index in [0.717, 1.165) is 18.4 Å². The molecule has 0 aliphatic heterocycles. The Morgan fingerprint density at radius 1 is 1.14 bits per heavy atom. The fourth-order valence-electron chi connectivity index (χ4n) is 2.87. The van der Waals surface area contributed by atoms with Crippen LogP contribution in [0, 0.1) is 5.82 Å². The highest BCUT2D eigenvalue weighted by Gasteiger charge is 2.21. The lowest BCUT2D eigenvalue weighted by atomic mass is 10.1. The van der Waals surface area contributed by atoms with Crippen LogP contribution in [0.25, 0.3) is 11.3 Å². The van der Waals surface area contributed by atoms with Crippen LogP contribution >= 0.6 is 11.3 Å². The zero-order valence-corrected chi connectivity index (χ0v) is 17.5. The average molecular weight is 415 g/mol. The van der Waals surface area contributed by atoms with Gasteiger partial charge in [0.1, 0.15) is 17.3 Å². The van der Waals surface area contributed by atoms with Crippen LogP contribution < -0.4 is 14.4 Å². The molecule has 2 aromatic carbocycles. The summed E-state index contributed by atoms with van der Waals surface area (Å²) in [6.07, 6.45) is 1.78. The van der Waals surface area contributed by atoms with E-state index in [1.165, 1.54) is 35.6 Å². The number of amides is 1. The SMILES string of the molecule is CCCCN(C(=O)c1ccc(F)cc1)c1nc(-c2cc(OC)ccc2OC)cs1. The van der Waals surface area contributed by atoms with Gasteiger partial charge in [0, 0.05) is 23.1 Å². The first-order valence-corrected chi connectivity index (χ1v) is 10.2. The maximum absolute atomic E-state index is 13.2. The van der Waals surface area contributed by atoms with Crippen LogP contribution in [0.1, 0.15) is 30.1 Å². The van der Waals surface area contributed by atoms with Crippen molar-refractivity contribution in [1.29, 1.82) is 0 Å². The predicted octanol–water partition coefficient (Wildman–Crippen LogP) is 5.41. The number of aromatic nitrogens is 1. The zero-order valence-electron chi connectivity index (χ0n) is 16.6. The number of hydrogen-bond acceptors (Lipinski definition) is 5. The molecule has 3 aromatic rings. The standard InChI is InChI=1S/C22H23FN2O3S/c1-4-5-12-25(21(26)15-6-8-16(23)9-7-15)22-24-19(14-29-22)18-13-17(27-2)10-11-20(18)28-3/h6-11,13-14H,4-5,12H2,1-3H3. The van der Waals surface area contributed by atoms with Gasteiger partial charge < -0.3 is 9.47 Å². The van der Waals surface area contributed by atoms with Crippen molar-refractivity contribution >= 4 is 22.4 Å². The van der Waals surface area contributed by atoms with Gasteiger partial charge in [-0.3, -0.25) is 9.69 Å². The van der Waals surface area contributed by atoms with Gasteiger partial charge in [-0.1, -0.05) is 13.3 Å². The van der Waals surface area contributed by atoms with E-state index in [2.05, 4.69) is 6.92 Å². The minimum absolute atomic E-state index is 0.197. The van der Waals surface area contributed by atoms with Crippen LogP contribution in [-0.4, -0.2) is 31.7 Å². The fraction of sp³-hybridized carbons (Fsp3) is 0.273. The Morgan fingerprint density at radius 2 is 1.90 bits per heavy atom. The van der Waals surface area contributed by atoms with E-state index in [1.807, 2.05) is 23.6 Å². The second-order valence-electron chi connectivity index (χ2n) is 6.40. The molecule has 0 N–H and O–H groups in total. The molecule has 0 unspecified atom stereocenters. The van der Waals surface area contributed by atoms with E-state index in [9.17, 15) is 9.18 Å². The molecule has 152 valence electrons. The van der Waals surface area contributed by atoms with Crippen molar-refractivity contribution in [2.24, 2.45) is 0 Å². The number of halogens is 1. The van der Waals surface area contributed by atoms with Crippen LogP contribution in [-0.2, 0) is 0 Å². The summed E-state index contributed by atoms with van der Waals surface area (Å²) in [5, 5.41) is 2.48. The molecule has 1 aromatic heterocycles. The number of thiazole rings is 1. The summed E-state index contributed by atoms with van der Waals surface area (Å²) >= 11 is 1.39. The molecule has 0 saturated heterocycles. The molecular weight excluding hydrogens is 391 g/mol. The number of methoxy groups -OCH3 is 2. The van der Waals surface area contributed by atoms with Gasteiger partial charge in [0.2, 0.25) is 0 Å². The maximum Gasteiger partial charge on any atom is 0.260 e. The molecule has 1 heterocycles. The Kier molecular flexibility index (Phi) is 6.82. The minimum Gasteiger partial charge on any atom is -0.497 e. The van der Waals surface area contributed by atoms with E-state index in [4.69, 9.17) is 14.5 Å². The molecule has 0 aliphatic rings. The lowest BCUT2D eigenvalue weighted by molar-refractivity contribution is 0.0986. The third-order valence-electron chi connectivity index (χ3n) is 4.48. The number of carbonyl (C=O) groups excluding carboxylic acids is 1. The van der Waals surface area contributed by atoms with Crippen LogP contribution in [0.3, 0.4) is 0 Å². The van der Waals surface area contributed by atoms with Crippen molar-refractivity contribution < 1.29 is 18.7 Å². The summed E-state index contributed by atoms with van der Waals surface area (Å²) in [4.78, 5) is 19.4. The number of ether oxygens (including phenoxy) is 2. The number of anilines is 1. The van der Waals surface area contributed by atoms with Crippen molar-refractivity contribution in [3.8, 4) is 22.8 Å². The molecule has 0 spiro atoms. The highest BCUT2D eigenvalue weighted by molar-refractivity contribution is 7.14. The zero-order chi connectivity index (χ0) is 20.8. The number of rotatable bonds is 8. The molecule has 0 bridgehead atoms. The molecule has 7 heteroatoms. The second kappa shape index (κ2) is 9.52. The summed E-state index contributed by atoms with van der Waals surface area (Å²) in [6, 6.07) is 11.1. The average Bonchev–Trinajstić information content (AvgIpc) is 3.23. The number of carbonyl (C=O) groups is 1. The van der Waals surface area contributed by atoms with Crippen molar-refractivity contribution in [2.45, 2.75) is 19.8 Å². The van der Waals surface area contributed by atoms with Gasteiger partial charge in [-0.05, 0) is 48.9 Å². The van der Waals surface area contributed by atoms with Crippen molar-refractivity contribution in [3.63, 3.8) is 0 Å². The molecular formula is C22H23FN2O3S. The number of nitrogens with zero attached hydrogens (tertiary/aromatic N) is 2. The Hall–Kier alpha value is -2.93. The summed E-state index contributed by atoms with van der Waals surface area (Å²) in [7, 11) is 3.20. The third-order valence-corrected chi connectivity index (χ3v) is 5.34. The first-order valence-electron chi connectivity index (χ1n) is 9.32. The molecule has 0 aliphatic carbocycles. The topological polar surface area (TPSA) is 51.7 Å². The Balaban J connectivity index is 1.96. The Labute approximate surface area is 173 Å². The van der Waals surface area contributed by atoms with Gasteiger partial charge in [-0.2, -0.15) is 0 Å². The van der Waals surface area contributed by atoms with Gasteiger partial charge >= 0.3 is 0 Å². The third kappa shape index (κ3) is 4.74. The fourth-order valence-corrected chi connectivity index (χ4v) is 3.72. The normalized spacial score (nSPS) is 10.6. The molecule has 29 heavy (non-hydrogen) atoms. The second-order valence-corrected chi connectivity index (χ2v) is 7.24. The smallest absolute Gasteiger partial charge is 0.260 e. The predicted molar refractivity (Wildman–Crippen MR) is 114 cm³/mol. The largest absolute Gasteiger partial charge is 0.497 e. The number of hydrogen-bond donors (Lipinski definition) is 0. The lowest BCUT2D eigenvalue weighted by Gasteiger charge is -2.19. The van der Waals surface area contributed by atoms with Crippen molar-refractivity contribution in [1.82, 2.24) is 4.98 Å². The van der Waals surface area contributed by atoms with E-state index in [1.54, 1.807) is 19.1 Å². The van der Waals surface area contributed by atoms with E-state index in [-0.39, 0.29) is 11.7 Å². The van der Waals surface area contributed by atoms with Crippen LogP contribution in [0.15, 0.2) is 47.8 Å². The molecule has 3 rings (SSSR count). The first-order chi connectivity index (χ1) is 14.1. The molecule has 0 saturated carbocycles. The summed E-state index contributed by atoms with van der Waals surface area (Å²) in [5.41, 5.74) is 1.92. The van der Waals surface area contributed by atoms with Gasteiger partial charge in [0.25, 0.3) is 5.91 Å². The first kappa shape index (κ1) is 20.8. The molecule has 5 nitrogen and oxygen atoms in total. The Bertz CT molecular complexity index is 972. The van der Waals surface area contributed by atoms with Gasteiger partial charge in [0.15, 0.2) is 5.13 Å². The minimum atomic E-state index is -0.372. The van der Waals surface area contributed by atoms with Gasteiger partial charge in [-0.15, -0.1) is 11.3 Å².